The van der Waals surface area contributed by atoms with E-state index in [1.807, 2.05) is 0 Å². The maximum Gasteiger partial charge on any atom is 0.241 e. The number of aryl methyl sites for hydroxylation is 1. The number of rotatable bonds is 6. The normalized spacial score (nSPS) is 12.2. The van der Waals surface area contributed by atoms with Gasteiger partial charge in [-0.1, -0.05) is 6.92 Å². The molecule has 0 aliphatic rings. The lowest BCUT2D eigenvalue weighted by Gasteiger charge is -2.15. The fourth-order valence-electron chi connectivity index (χ4n) is 1.72. The molecule has 0 atom stereocenters. The first-order valence-corrected chi connectivity index (χ1v) is 9.02. The SMILES string of the molecule is CCCS(=O)(=O)Nc1cc(C)cc(S(N)(=O)=O)c1OC. The van der Waals surface area contributed by atoms with Gasteiger partial charge < -0.3 is 4.74 Å². The standard InChI is InChI=1S/C11H18N2O5S2/c1-4-5-19(14,15)13-9-6-8(2)7-10(11(9)18-3)20(12,16)17/h6-7,13H,4-5H2,1-3H3,(H2,12,16,17). The van der Waals surface area contributed by atoms with Gasteiger partial charge in [0, 0.05) is 0 Å². The molecule has 1 aromatic rings. The molecule has 0 aromatic heterocycles. The zero-order chi connectivity index (χ0) is 15.6. The fraction of sp³-hybridized carbons (Fsp3) is 0.455. The largest absolute Gasteiger partial charge is 0.493 e. The van der Waals surface area contributed by atoms with E-state index in [0.29, 0.717) is 12.0 Å². The van der Waals surface area contributed by atoms with Gasteiger partial charge in [0.05, 0.1) is 18.6 Å². The molecule has 0 spiro atoms. The molecule has 7 nitrogen and oxygen atoms in total. The van der Waals surface area contributed by atoms with Gasteiger partial charge in [0.15, 0.2) is 5.75 Å². The van der Waals surface area contributed by atoms with Crippen molar-refractivity contribution >= 4 is 25.7 Å². The Morgan fingerprint density at radius 3 is 2.30 bits per heavy atom. The molecule has 0 radical (unpaired) electrons. The first-order chi connectivity index (χ1) is 9.10. The van der Waals surface area contributed by atoms with Crippen LogP contribution in [-0.2, 0) is 20.0 Å². The van der Waals surface area contributed by atoms with Gasteiger partial charge in [-0.15, -0.1) is 0 Å². The monoisotopic (exact) mass is 322 g/mol. The first-order valence-electron chi connectivity index (χ1n) is 5.82. The van der Waals surface area contributed by atoms with Crippen molar-refractivity contribution in [1.29, 1.82) is 0 Å². The van der Waals surface area contributed by atoms with Crippen LogP contribution < -0.4 is 14.6 Å². The highest BCUT2D eigenvalue weighted by molar-refractivity contribution is 7.92. The van der Waals surface area contributed by atoms with Gasteiger partial charge in [0.2, 0.25) is 20.0 Å². The molecule has 0 saturated heterocycles. The predicted octanol–water partition coefficient (Wildman–Crippen LogP) is 0.803. The van der Waals surface area contributed by atoms with Gasteiger partial charge >= 0.3 is 0 Å². The van der Waals surface area contributed by atoms with E-state index in [-0.39, 0.29) is 22.1 Å². The molecule has 114 valence electrons. The van der Waals surface area contributed by atoms with Gasteiger partial charge in [-0.2, -0.15) is 0 Å². The van der Waals surface area contributed by atoms with Gasteiger partial charge in [-0.05, 0) is 31.0 Å². The van der Waals surface area contributed by atoms with E-state index in [4.69, 9.17) is 9.88 Å². The van der Waals surface area contributed by atoms with E-state index in [1.54, 1.807) is 13.8 Å². The number of hydrogen-bond donors (Lipinski definition) is 2. The van der Waals surface area contributed by atoms with Crippen LogP contribution in [0.5, 0.6) is 5.75 Å². The molecule has 0 aliphatic carbocycles. The molecule has 9 heteroatoms. The zero-order valence-corrected chi connectivity index (χ0v) is 13.1. The summed E-state index contributed by atoms with van der Waals surface area (Å²) < 4.78 is 54.0. The van der Waals surface area contributed by atoms with Crippen LogP contribution in [0.25, 0.3) is 0 Å². The van der Waals surface area contributed by atoms with Crippen molar-refractivity contribution in [2.75, 3.05) is 17.6 Å². The number of sulfonamides is 2. The van der Waals surface area contributed by atoms with Crippen molar-refractivity contribution in [3.05, 3.63) is 17.7 Å². The van der Waals surface area contributed by atoms with E-state index in [2.05, 4.69) is 4.72 Å². The molecule has 0 saturated carbocycles. The lowest BCUT2D eigenvalue weighted by atomic mass is 10.2. The third-order valence-corrected chi connectivity index (χ3v) is 4.84. The van der Waals surface area contributed by atoms with Crippen molar-refractivity contribution in [3.63, 3.8) is 0 Å². The summed E-state index contributed by atoms with van der Waals surface area (Å²) in [5.41, 5.74) is 0.606. The maximum atomic E-state index is 11.8. The smallest absolute Gasteiger partial charge is 0.241 e. The van der Waals surface area contributed by atoms with Gasteiger partial charge in [-0.25, -0.2) is 22.0 Å². The predicted molar refractivity (Wildman–Crippen MR) is 76.8 cm³/mol. The molecule has 0 aliphatic heterocycles. The van der Waals surface area contributed by atoms with Gasteiger partial charge in [0.25, 0.3) is 0 Å². The Bertz CT molecular complexity index is 696. The summed E-state index contributed by atoms with van der Waals surface area (Å²) in [5.74, 6) is -0.188. The number of primary sulfonamides is 1. The second kappa shape index (κ2) is 5.98. The Morgan fingerprint density at radius 2 is 1.85 bits per heavy atom. The van der Waals surface area contributed by atoms with Crippen LogP contribution in [0.3, 0.4) is 0 Å². The Hall–Kier alpha value is -1.32. The first kappa shape index (κ1) is 16.7. The summed E-state index contributed by atoms with van der Waals surface area (Å²) in [6.45, 7) is 3.36. The van der Waals surface area contributed by atoms with Crippen molar-refractivity contribution in [1.82, 2.24) is 0 Å². The number of hydrogen-bond acceptors (Lipinski definition) is 5. The molecule has 0 amide bonds. The molecule has 1 aromatic carbocycles. The van der Waals surface area contributed by atoms with Crippen molar-refractivity contribution in [2.24, 2.45) is 5.14 Å². The Balaban J connectivity index is 3.45. The van der Waals surface area contributed by atoms with Crippen LogP contribution in [-0.4, -0.2) is 29.7 Å². The number of benzene rings is 1. The van der Waals surface area contributed by atoms with Crippen LogP contribution in [0, 0.1) is 6.92 Å². The number of anilines is 1. The Labute approximate surface area is 119 Å². The van der Waals surface area contributed by atoms with Crippen molar-refractivity contribution < 1.29 is 21.6 Å². The molecular formula is C11H18N2O5S2. The molecule has 3 N–H and O–H groups in total. The number of ether oxygens (including phenoxy) is 1. The third-order valence-electron chi connectivity index (χ3n) is 2.45. The molecule has 1 rings (SSSR count). The summed E-state index contributed by atoms with van der Waals surface area (Å²) in [7, 11) is -6.33. The average molecular weight is 322 g/mol. The number of nitrogens with two attached hydrogens (primary N) is 1. The number of nitrogens with one attached hydrogen (secondary N) is 1. The molecule has 0 bridgehead atoms. The van der Waals surface area contributed by atoms with Crippen LogP contribution >= 0.6 is 0 Å². The van der Waals surface area contributed by atoms with E-state index in [9.17, 15) is 16.8 Å². The van der Waals surface area contributed by atoms with E-state index < -0.39 is 20.0 Å². The molecular weight excluding hydrogens is 304 g/mol. The highest BCUT2D eigenvalue weighted by atomic mass is 32.2. The average Bonchev–Trinajstić information content (AvgIpc) is 2.26. The molecule has 0 heterocycles. The lowest BCUT2D eigenvalue weighted by molar-refractivity contribution is 0.405. The van der Waals surface area contributed by atoms with Crippen LogP contribution in [0.2, 0.25) is 0 Å². The van der Waals surface area contributed by atoms with Gasteiger partial charge in [0.1, 0.15) is 4.90 Å². The highest BCUT2D eigenvalue weighted by Crippen LogP contribution is 2.33. The zero-order valence-electron chi connectivity index (χ0n) is 11.5. The number of methoxy groups -OCH3 is 1. The summed E-state index contributed by atoms with van der Waals surface area (Å²) in [6, 6.07) is 2.81. The van der Waals surface area contributed by atoms with E-state index >= 15 is 0 Å². The van der Waals surface area contributed by atoms with Crippen molar-refractivity contribution in [2.45, 2.75) is 25.2 Å². The van der Waals surface area contributed by atoms with Crippen LogP contribution in [0.15, 0.2) is 17.0 Å². The molecule has 0 fully saturated rings. The molecule has 0 unspecified atom stereocenters. The minimum Gasteiger partial charge on any atom is -0.493 e. The topological polar surface area (TPSA) is 116 Å². The fourth-order valence-corrected chi connectivity index (χ4v) is 3.65. The highest BCUT2D eigenvalue weighted by Gasteiger charge is 2.21. The quantitative estimate of drug-likeness (QED) is 0.804. The van der Waals surface area contributed by atoms with E-state index in [0.717, 1.165) is 0 Å². The second-order valence-electron chi connectivity index (χ2n) is 4.31. The molecule has 20 heavy (non-hydrogen) atoms. The van der Waals surface area contributed by atoms with Gasteiger partial charge in [-0.3, -0.25) is 4.72 Å². The third kappa shape index (κ3) is 4.09. The maximum absolute atomic E-state index is 11.8. The summed E-state index contributed by atoms with van der Waals surface area (Å²) in [5, 5.41) is 5.11. The Kier molecular flexibility index (Phi) is 5.00. The minimum absolute atomic E-state index is 0.0602. The van der Waals surface area contributed by atoms with Crippen molar-refractivity contribution in [3.8, 4) is 5.75 Å². The van der Waals surface area contributed by atoms with Crippen LogP contribution in [0.4, 0.5) is 5.69 Å². The summed E-state index contributed by atoms with van der Waals surface area (Å²) >= 11 is 0. The van der Waals surface area contributed by atoms with Crippen LogP contribution in [0.1, 0.15) is 18.9 Å². The summed E-state index contributed by atoms with van der Waals surface area (Å²) in [4.78, 5) is -0.255. The Morgan fingerprint density at radius 1 is 1.25 bits per heavy atom. The summed E-state index contributed by atoms with van der Waals surface area (Å²) in [6.07, 6.45) is 0.436. The van der Waals surface area contributed by atoms with E-state index in [1.165, 1.54) is 19.2 Å². The minimum atomic E-state index is -4.02. The second-order valence-corrected chi connectivity index (χ2v) is 7.68. The lowest BCUT2D eigenvalue weighted by Crippen LogP contribution is -2.19.